The minimum absolute atomic E-state index is 0.0475. The highest BCUT2D eigenvalue weighted by atomic mass is 32.3. The van der Waals surface area contributed by atoms with Gasteiger partial charge in [-0.25, -0.2) is 0 Å². The van der Waals surface area contributed by atoms with Crippen LogP contribution in [0.15, 0.2) is 82.3 Å². The highest BCUT2D eigenvalue weighted by molar-refractivity contribution is 8.28. The third-order valence-electron chi connectivity index (χ3n) is 5.77. The molecule has 4 nitrogen and oxygen atoms in total. The van der Waals surface area contributed by atoms with Crippen molar-refractivity contribution in [1.82, 2.24) is 0 Å². The second-order valence-corrected chi connectivity index (χ2v) is 10.0. The molecule has 0 saturated heterocycles. The van der Waals surface area contributed by atoms with Crippen LogP contribution < -0.4 is 4.90 Å². The van der Waals surface area contributed by atoms with Gasteiger partial charge < -0.3 is 4.90 Å². The molecular weight excluding hydrogens is 382 g/mol. The molecule has 0 bridgehead atoms. The lowest BCUT2D eigenvalue weighted by Crippen LogP contribution is -2.22. The number of ketones is 1. The number of benzene rings is 2. The Morgan fingerprint density at radius 2 is 1.72 bits per heavy atom. The third kappa shape index (κ3) is 2.97. The number of aryl methyl sites for hydroxylation is 1. The Morgan fingerprint density at radius 3 is 2.45 bits per heavy atom. The number of likely N-dealkylation sites (N-methyl/N-ethyl adjacent to an activating group) is 1. The number of nitrogens with zero attached hydrogens (tertiary/aromatic N) is 1. The molecule has 0 aliphatic carbocycles. The summed E-state index contributed by atoms with van der Waals surface area (Å²) in [7, 11) is -1.20. The van der Waals surface area contributed by atoms with E-state index in [1.165, 1.54) is 22.9 Å². The Labute approximate surface area is 173 Å². The van der Waals surface area contributed by atoms with Gasteiger partial charge in [-0.3, -0.25) is 13.9 Å². The summed E-state index contributed by atoms with van der Waals surface area (Å²) in [4.78, 5) is 15.1. The molecule has 5 heteroatoms. The number of hydrogen-bond acceptors (Lipinski definition) is 4. The van der Waals surface area contributed by atoms with Crippen molar-refractivity contribution < 1.29 is 13.9 Å². The van der Waals surface area contributed by atoms with Crippen LogP contribution in [-0.4, -0.2) is 21.9 Å². The van der Waals surface area contributed by atoms with E-state index >= 15 is 0 Å². The molecule has 2 aliphatic rings. The molecule has 0 unspecified atom stereocenters. The van der Waals surface area contributed by atoms with Crippen LogP contribution in [0.4, 0.5) is 5.69 Å². The predicted molar refractivity (Wildman–Crippen MR) is 120 cm³/mol. The summed E-state index contributed by atoms with van der Waals surface area (Å²) in [5.74, 6) is -0.320. The van der Waals surface area contributed by atoms with Crippen LogP contribution in [0.5, 0.6) is 0 Å². The maximum atomic E-state index is 12.6. The highest BCUT2D eigenvalue weighted by Gasteiger charge is 2.39. The van der Waals surface area contributed by atoms with Crippen LogP contribution in [0.3, 0.4) is 0 Å². The molecule has 29 heavy (non-hydrogen) atoms. The molecule has 0 amide bonds. The van der Waals surface area contributed by atoms with Gasteiger partial charge in [0, 0.05) is 29.4 Å². The summed E-state index contributed by atoms with van der Waals surface area (Å²) >= 11 is 0. The lowest BCUT2D eigenvalue weighted by molar-refractivity contribution is 0.104. The predicted octanol–water partition coefficient (Wildman–Crippen LogP) is 6.05. The number of carbonyl (C=O) groups excluding carboxylic acids is 1. The smallest absolute Gasteiger partial charge is 0.211 e. The average molecular weight is 408 g/mol. The molecular formula is C24H25NO3S. The lowest BCUT2D eigenvalue weighted by atomic mass is 9.83. The van der Waals surface area contributed by atoms with Gasteiger partial charge in [-0.1, -0.05) is 55.8 Å². The molecule has 0 fully saturated rings. The molecule has 150 valence electrons. The van der Waals surface area contributed by atoms with Crippen molar-refractivity contribution in [3.63, 3.8) is 0 Å². The molecule has 0 atom stereocenters. The van der Waals surface area contributed by atoms with Crippen molar-refractivity contribution in [1.29, 1.82) is 0 Å². The summed E-state index contributed by atoms with van der Waals surface area (Å²) in [6, 6.07) is 13.2. The van der Waals surface area contributed by atoms with Gasteiger partial charge in [0.1, 0.15) is 4.91 Å². The zero-order chi connectivity index (χ0) is 21.0. The lowest BCUT2D eigenvalue weighted by Gasteiger charge is -2.27. The minimum Gasteiger partial charge on any atom is -0.347 e. The quantitative estimate of drug-likeness (QED) is 0.595. The topological polar surface area (TPSA) is 60.8 Å². The van der Waals surface area contributed by atoms with Gasteiger partial charge >= 0.3 is 0 Å². The van der Waals surface area contributed by atoms with Crippen molar-refractivity contribution in [2.45, 2.75) is 31.1 Å². The average Bonchev–Trinajstić information content (AvgIpc) is 2.99. The fourth-order valence-electron chi connectivity index (χ4n) is 4.19. The minimum atomic E-state index is -3.25. The standard InChI is InChI=1S/C24H25NO3S/c1-16-13-14-19-18(15-16)24(2,3)22(25(19)4)12-8-7-11-21-23(26)17-9-5-6-10-20(17)29(21,27)28/h5-15,27-28H,1-4H3/b8-7+,21-11-,22-12-. The zero-order valence-electron chi connectivity index (χ0n) is 17.0. The maximum absolute atomic E-state index is 12.6. The van der Waals surface area contributed by atoms with Crippen molar-refractivity contribution >= 4 is 22.1 Å². The van der Waals surface area contributed by atoms with Gasteiger partial charge in [0.05, 0.1) is 4.90 Å². The van der Waals surface area contributed by atoms with Crippen molar-refractivity contribution in [2.75, 3.05) is 11.9 Å². The van der Waals surface area contributed by atoms with E-state index in [1.807, 2.05) is 12.2 Å². The third-order valence-corrected chi connectivity index (χ3v) is 7.67. The first-order chi connectivity index (χ1) is 13.7. The van der Waals surface area contributed by atoms with Gasteiger partial charge in [0.15, 0.2) is 0 Å². The summed E-state index contributed by atoms with van der Waals surface area (Å²) in [5.41, 5.74) is 5.07. The zero-order valence-corrected chi connectivity index (χ0v) is 17.8. The summed E-state index contributed by atoms with van der Waals surface area (Å²) in [6.45, 7) is 6.49. The van der Waals surface area contributed by atoms with Crippen molar-refractivity contribution in [3.05, 3.63) is 94.1 Å². The van der Waals surface area contributed by atoms with Gasteiger partial charge in [0.2, 0.25) is 5.78 Å². The second kappa shape index (κ2) is 6.73. The molecule has 4 rings (SSSR count). The number of fused-ring (bicyclic) bond motifs is 2. The Hall–Kier alpha value is -2.60. The van der Waals surface area contributed by atoms with E-state index in [0.29, 0.717) is 10.5 Å². The van der Waals surface area contributed by atoms with Gasteiger partial charge in [-0.05, 0) is 42.8 Å². The summed E-state index contributed by atoms with van der Waals surface area (Å²) in [5, 5.41) is 0. The van der Waals surface area contributed by atoms with E-state index in [-0.39, 0.29) is 16.1 Å². The molecule has 2 N–H and O–H groups in total. The Morgan fingerprint density at radius 1 is 1.03 bits per heavy atom. The fourth-order valence-corrected chi connectivity index (χ4v) is 5.80. The molecule has 0 radical (unpaired) electrons. The van der Waals surface area contributed by atoms with Gasteiger partial charge in [0.25, 0.3) is 0 Å². The fraction of sp³-hybridized carbons (Fsp3) is 0.208. The molecule has 2 aromatic carbocycles. The number of allylic oxidation sites excluding steroid dienone is 6. The molecule has 0 aromatic heterocycles. The summed E-state index contributed by atoms with van der Waals surface area (Å²) < 4.78 is 21.1. The van der Waals surface area contributed by atoms with E-state index < -0.39 is 10.6 Å². The second-order valence-electron chi connectivity index (χ2n) is 8.05. The van der Waals surface area contributed by atoms with E-state index in [4.69, 9.17) is 0 Å². The first kappa shape index (κ1) is 19.7. The van der Waals surface area contributed by atoms with Crippen molar-refractivity contribution in [3.8, 4) is 0 Å². The van der Waals surface area contributed by atoms with Crippen LogP contribution in [0.25, 0.3) is 0 Å². The van der Waals surface area contributed by atoms with E-state index in [0.717, 1.165) is 5.70 Å². The molecule has 2 aromatic rings. The highest BCUT2D eigenvalue weighted by Crippen LogP contribution is 2.62. The molecule has 0 spiro atoms. The number of hydrogen-bond donors (Lipinski definition) is 2. The van der Waals surface area contributed by atoms with Crippen molar-refractivity contribution in [2.24, 2.45) is 0 Å². The van der Waals surface area contributed by atoms with Gasteiger partial charge in [-0.2, -0.15) is 0 Å². The van der Waals surface area contributed by atoms with Crippen LogP contribution >= 0.6 is 10.6 Å². The summed E-state index contributed by atoms with van der Waals surface area (Å²) in [6.07, 6.45) is 7.10. The van der Waals surface area contributed by atoms with Crippen LogP contribution in [0, 0.1) is 6.92 Å². The first-order valence-electron chi connectivity index (χ1n) is 9.51. The van der Waals surface area contributed by atoms with Crippen LogP contribution in [0.1, 0.15) is 35.3 Å². The number of Topliss-reactive ketones (excluding diaryl/α,β-unsaturated/α-hetero) is 1. The molecule has 2 heterocycles. The van der Waals surface area contributed by atoms with Crippen LogP contribution in [-0.2, 0) is 5.41 Å². The number of anilines is 1. The largest absolute Gasteiger partial charge is 0.347 e. The normalized spacial score (nSPS) is 23.1. The van der Waals surface area contributed by atoms with Crippen LogP contribution in [0.2, 0.25) is 0 Å². The monoisotopic (exact) mass is 407 g/mol. The first-order valence-corrected chi connectivity index (χ1v) is 11.1. The maximum Gasteiger partial charge on any atom is 0.211 e. The van der Waals surface area contributed by atoms with E-state index in [2.05, 4.69) is 50.9 Å². The number of carbonyl (C=O) groups is 1. The van der Waals surface area contributed by atoms with E-state index in [9.17, 15) is 13.9 Å². The Kier molecular flexibility index (Phi) is 4.57. The Bertz CT molecular complexity index is 1110. The molecule has 0 saturated carbocycles. The Balaban J connectivity index is 1.65. The molecule has 2 aliphatic heterocycles. The van der Waals surface area contributed by atoms with Gasteiger partial charge in [-0.15, -0.1) is 10.6 Å². The SMILES string of the molecule is Cc1ccc2c(c1)C(C)(C)/C(=C/C=C/C=C1/C(=O)c3ccccc3S1(O)O)N2C. The van der Waals surface area contributed by atoms with E-state index in [1.54, 1.807) is 30.3 Å². The number of rotatable bonds is 2.